The highest BCUT2D eigenvalue weighted by Crippen LogP contribution is 2.38. The van der Waals surface area contributed by atoms with Crippen LogP contribution in [0.25, 0.3) is 0 Å². The standard InChI is InChI=1S/C9H8Cl2O3/c10-6-1-2-7(9(12)8(6)11)14-4-5-3-13-5/h1-2,5,12H,3-4H2. The number of benzene rings is 1. The second-order valence-electron chi connectivity index (χ2n) is 2.97. The monoisotopic (exact) mass is 234 g/mol. The smallest absolute Gasteiger partial charge is 0.178 e. The summed E-state index contributed by atoms with van der Waals surface area (Å²) < 4.78 is 10.2. The van der Waals surface area contributed by atoms with Gasteiger partial charge in [0, 0.05) is 0 Å². The molecule has 0 saturated carbocycles. The predicted octanol–water partition coefficient (Wildman–Crippen LogP) is 2.48. The number of hydrogen-bond acceptors (Lipinski definition) is 3. The first-order valence-corrected chi connectivity index (χ1v) is 4.85. The summed E-state index contributed by atoms with van der Waals surface area (Å²) in [6.07, 6.45) is 0.142. The Labute approximate surface area is 91.1 Å². The van der Waals surface area contributed by atoms with E-state index in [2.05, 4.69) is 0 Å². The average molecular weight is 235 g/mol. The minimum Gasteiger partial charge on any atom is -0.503 e. The van der Waals surface area contributed by atoms with E-state index in [1.54, 1.807) is 12.1 Å². The molecule has 1 aliphatic rings. The molecule has 0 aromatic heterocycles. The summed E-state index contributed by atoms with van der Waals surface area (Å²) in [5.41, 5.74) is 0. The van der Waals surface area contributed by atoms with E-state index in [0.717, 1.165) is 0 Å². The molecule has 1 heterocycles. The molecule has 76 valence electrons. The van der Waals surface area contributed by atoms with Crippen LogP contribution >= 0.6 is 23.2 Å². The number of ether oxygens (including phenoxy) is 2. The molecule has 0 aliphatic carbocycles. The second-order valence-corrected chi connectivity index (χ2v) is 3.76. The molecule has 2 rings (SSSR count). The normalized spacial score (nSPS) is 19.4. The highest BCUT2D eigenvalue weighted by Gasteiger charge is 2.24. The van der Waals surface area contributed by atoms with Gasteiger partial charge in [-0.05, 0) is 12.1 Å². The lowest BCUT2D eigenvalue weighted by molar-refractivity contribution is 0.254. The van der Waals surface area contributed by atoms with Gasteiger partial charge in [-0.1, -0.05) is 23.2 Å². The zero-order valence-electron chi connectivity index (χ0n) is 7.17. The first kappa shape index (κ1) is 9.90. The summed E-state index contributed by atoms with van der Waals surface area (Å²) in [6.45, 7) is 1.13. The van der Waals surface area contributed by atoms with Gasteiger partial charge in [-0.3, -0.25) is 0 Å². The van der Waals surface area contributed by atoms with Gasteiger partial charge in [0.15, 0.2) is 11.5 Å². The molecule has 0 spiro atoms. The van der Waals surface area contributed by atoms with E-state index in [9.17, 15) is 5.11 Å². The fourth-order valence-corrected chi connectivity index (χ4v) is 1.29. The lowest BCUT2D eigenvalue weighted by Crippen LogP contribution is -2.04. The van der Waals surface area contributed by atoms with Crippen molar-refractivity contribution in [2.45, 2.75) is 6.10 Å². The SMILES string of the molecule is Oc1c(OCC2CO2)ccc(Cl)c1Cl. The van der Waals surface area contributed by atoms with Crippen LogP contribution in [0.5, 0.6) is 11.5 Å². The van der Waals surface area contributed by atoms with Crippen LogP contribution in [0.15, 0.2) is 12.1 Å². The maximum absolute atomic E-state index is 9.53. The van der Waals surface area contributed by atoms with Crippen molar-refractivity contribution in [3.8, 4) is 11.5 Å². The van der Waals surface area contributed by atoms with Crippen molar-refractivity contribution in [3.05, 3.63) is 22.2 Å². The average Bonchev–Trinajstić information content (AvgIpc) is 2.97. The van der Waals surface area contributed by atoms with Crippen LogP contribution in [0.3, 0.4) is 0 Å². The van der Waals surface area contributed by atoms with Gasteiger partial charge in [0.2, 0.25) is 0 Å². The Balaban J connectivity index is 2.11. The van der Waals surface area contributed by atoms with Crippen molar-refractivity contribution >= 4 is 23.2 Å². The third kappa shape index (κ3) is 2.05. The first-order chi connectivity index (χ1) is 6.68. The fraction of sp³-hybridized carbons (Fsp3) is 0.333. The molecule has 1 fully saturated rings. The van der Waals surface area contributed by atoms with Crippen LogP contribution in [0, 0.1) is 0 Å². The highest BCUT2D eigenvalue weighted by molar-refractivity contribution is 6.43. The molecular weight excluding hydrogens is 227 g/mol. The van der Waals surface area contributed by atoms with Gasteiger partial charge < -0.3 is 14.6 Å². The van der Waals surface area contributed by atoms with E-state index in [-0.39, 0.29) is 16.9 Å². The lowest BCUT2D eigenvalue weighted by Gasteiger charge is -2.08. The molecule has 3 nitrogen and oxygen atoms in total. The van der Waals surface area contributed by atoms with Gasteiger partial charge >= 0.3 is 0 Å². The van der Waals surface area contributed by atoms with Gasteiger partial charge in [-0.15, -0.1) is 0 Å². The number of aromatic hydroxyl groups is 1. The Morgan fingerprint density at radius 1 is 1.50 bits per heavy atom. The van der Waals surface area contributed by atoms with Gasteiger partial charge in [-0.25, -0.2) is 0 Å². The molecule has 1 aromatic rings. The Morgan fingerprint density at radius 2 is 2.21 bits per heavy atom. The molecule has 1 N–H and O–H groups in total. The molecule has 1 aliphatic heterocycles. The topological polar surface area (TPSA) is 42.0 Å². The lowest BCUT2D eigenvalue weighted by atomic mass is 10.3. The number of rotatable bonds is 3. The third-order valence-electron chi connectivity index (χ3n) is 1.86. The zero-order valence-corrected chi connectivity index (χ0v) is 8.68. The van der Waals surface area contributed by atoms with Crippen LogP contribution in [-0.2, 0) is 4.74 Å². The molecule has 1 atom stereocenters. The molecule has 0 amide bonds. The van der Waals surface area contributed by atoms with Crippen molar-refractivity contribution < 1.29 is 14.6 Å². The summed E-state index contributed by atoms with van der Waals surface area (Å²) >= 11 is 11.4. The second kappa shape index (κ2) is 3.85. The Morgan fingerprint density at radius 3 is 2.86 bits per heavy atom. The number of phenols is 1. The van der Waals surface area contributed by atoms with Crippen molar-refractivity contribution in [3.63, 3.8) is 0 Å². The summed E-state index contributed by atoms with van der Waals surface area (Å²) in [6, 6.07) is 3.15. The molecule has 1 aromatic carbocycles. The summed E-state index contributed by atoms with van der Waals surface area (Å²) in [5.74, 6) is 0.203. The van der Waals surface area contributed by atoms with Crippen LogP contribution in [0.4, 0.5) is 0 Å². The number of halogens is 2. The highest BCUT2D eigenvalue weighted by atomic mass is 35.5. The van der Waals surface area contributed by atoms with E-state index < -0.39 is 0 Å². The summed E-state index contributed by atoms with van der Waals surface area (Å²) in [7, 11) is 0. The minimum absolute atomic E-state index is 0.112. The minimum atomic E-state index is -0.125. The largest absolute Gasteiger partial charge is 0.503 e. The van der Waals surface area contributed by atoms with Crippen LogP contribution in [0.1, 0.15) is 0 Å². The van der Waals surface area contributed by atoms with Crippen LogP contribution in [0.2, 0.25) is 10.0 Å². The summed E-state index contributed by atoms with van der Waals surface area (Å²) in [5, 5.41) is 9.95. The number of epoxide rings is 1. The van der Waals surface area contributed by atoms with E-state index in [1.807, 2.05) is 0 Å². The molecular formula is C9H8Cl2O3. The molecule has 1 unspecified atom stereocenters. The molecule has 1 saturated heterocycles. The van der Waals surface area contributed by atoms with E-state index >= 15 is 0 Å². The van der Waals surface area contributed by atoms with Crippen LogP contribution in [-0.4, -0.2) is 24.4 Å². The molecule has 0 radical (unpaired) electrons. The number of phenolic OH excluding ortho intramolecular Hbond substituents is 1. The van der Waals surface area contributed by atoms with Gasteiger partial charge in [0.05, 0.1) is 11.6 Å². The van der Waals surface area contributed by atoms with Crippen molar-refractivity contribution in [1.29, 1.82) is 0 Å². The molecule has 0 bridgehead atoms. The number of hydrogen-bond donors (Lipinski definition) is 1. The quantitative estimate of drug-likeness (QED) is 0.818. The van der Waals surface area contributed by atoms with E-state index in [4.69, 9.17) is 32.7 Å². The van der Waals surface area contributed by atoms with E-state index in [1.165, 1.54) is 0 Å². The predicted molar refractivity (Wildman–Crippen MR) is 53.4 cm³/mol. The van der Waals surface area contributed by atoms with Gasteiger partial charge in [0.1, 0.15) is 17.7 Å². The van der Waals surface area contributed by atoms with Crippen molar-refractivity contribution in [1.82, 2.24) is 0 Å². The van der Waals surface area contributed by atoms with Crippen LogP contribution < -0.4 is 4.74 Å². The maximum atomic E-state index is 9.53. The first-order valence-electron chi connectivity index (χ1n) is 4.10. The van der Waals surface area contributed by atoms with Crippen molar-refractivity contribution in [2.24, 2.45) is 0 Å². The molecule has 5 heteroatoms. The van der Waals surface area contributed by atoms with Gasteiger partial charge in [-0.2, -0.15) is 0 Å². The zero-order chi connectivity index (χ0) is 10.1. The van der Waals surface area contributed by atoms with Gasteiger partial charge in [0.25, 0.3) is 0 Å². The summed E-state index contributed by atoms with van der Waals surface area (Å²) in [4.78, 5) is 0. The van der Waals surface area contributed by atoms with E-state index in [0.29, 0.717) is 24.0 Å². The third-order valence-corrected chi connectivity index (χ3v) is 2.65. The molecule has 14 heavy (non-hydrogen) atoms. The maximum Gasteiger partial charge on any atom is 0.178 e. The van der Waals surface area contributed by atoms with Crippen molar-refractivity contribution in [2.75, 3.05) is 13.2 Å². The Hall–Kier alpha value is -0.640. The Bertz CT molecular complexity index is 350. The Kier molecular flexibility index (Phi) is 2.72. The fourth-order valence-electron chi connectivity index (χ4n) is 0.986.